The molecule has 4 rings (SSSR count). The summed E-state index contributed by atoms with van der Waals surface area (Å²) in [5.74, 6) is 0.631. The molecule has 1 fully saturated rings. The van der Waals surface area contributed by atoms with E-state index in [0.29, 0.717) is 18.4 Å². The second kappa shape index (κ2) is 8.35. The lowest BCUT2D eigenvalue weighted by Crippen LogP contribution is -2.35. The maximum Gasteiger partial charge on any atom is 0.229 e. The van der Waals surface area contributed by atoms with Gasteiger partial charge < -0.3 is 15.5 Å². The summed E-state index contributed by atoms with van der Waals surface area (Å²) >= 11 is 0. The van der Waals surface area contributed by atoms with E-state index in [-0.39, 0.29) is 5.82 Å². The van der Waals surface area contributed by atoms with Crippen LogP contribution in [0, 0.1) is 11.7 Å². The van der Waals surface area contributed by atoms with Crippen molar-refractivity contribution in [3.63, 3.8) is 0 Å². The Hall–Kier alpha value is -3.00. The molecule has 1 aliphatic heterocycles. The molecule has 1 aliphatic rings. The van der Waals surface area contributed by atoms with E-state index in [1.165, 1.54) is 12.6 Å². The third kappa shape index (κ3) is 4.45. The third-order valence-electron chi connectivity index (χ3n) is 4.90. The number of hydrogen-bond donors (Lipinski definition) is 2. The fourth-order valence-electron chi connectivity index (χ4n) is 3.51. The molecule has 0 radical (unpaired) electrons. The molecule has 0 amide bonds. The fraction of sp³-hybridized carbons (Fsp3) is 0.350. The van der Waals surface area contributed by atoms with Crippen LogP contribution in [0.3, 0.4) is 0 Å². The van der Waals surface area contributed by atoms with Gasteiger partial charge in [0.1, 0.15) is 0 Å². The molecule has 0 unspecified atom stereocenters. The van der Waals surface area contributed by atoms with Crippen molar-refractivity contribution >= 4 is 17.5 Å². The minimum absolute atomic E-state index is 0.231. The number of benzene rings is 1. The predicted molar refractivity (Wildman–Crippen MR) is 108 cm³/mol. The molecule has 0 saturated carbocycles. The molecule has 2 aromatic heterocycles. The van der Waals surface area contributed by atoms with Gasteiger partial charge in [0, 0.05) is 31.2 Å². The first-order chi connectivity index (χ1) is 13.7. The average molecular weight is 381 g/mol. The van der Waals surface area contributed by atoms with Crippen molar-refractivity contribution in [2.45, 2.75) is 12.8 Å². The zero-order valence-corrected chi connectivity index (χ0v) is 15.8. The number of aromatic nitrogens is 4. The van der Waals surface area contributed by atoms with Crippen molar-refractivity contribution in [1.29, 1.82) is 0 Å². The van der Waals surface area contributed by atoms with Crippen LogP contribution in [0.2, 0.25) is 0 Å². The third-order valence-corrected chi connectivity index (χ3v) is 4.90. The highest BCUT2D eigenvalue weighted by atomic mass is 19.1. The second-order valence-electron chi connectivity index (χ2n) is 7.17. The minimum atomic E-state index is -0.444. The molecular weight excluding hydrogens is 357 g/mol. The smallest absolute Gasteiger partial charge is 0.229 e. The number of nitrogens with one attached hydrogen (secondary N) is 2. The number of anilines is 3. The first-order valence-corrected chi connectivity index (χ1v) is 9.49. The van der Waals surface area contributed by atoms with E-state index in [2.05, 4.69) is 37.6 Å². The van der Waals surface area contributed by atoms with Gasteiger partial charge in [-0.25, -0.2) is 14.1 Å². The van der Waals surface area contributed by atoms with Gasteiger partial charge >= 0.3 is 0 Å². The quantitative estimate of drug-likeness (QED) is 0.683. The minimum Gasteiger partial charge on any atom is -0.367 e. The van der Waals surface area contributed by atoms with Gasteiger partial charge in [-0.1, -0.05) is 6.07 Å². The van der Waals surface area contributed by atoms with Gasteiger partial charge in [-0.3, -0.25) is 0 Å². The Labute approximate surface area is 163 Å². The second-order valence-corrected chi connectivity index (χ2v) is 7.17. The predicted octanol–water partition coefficient (Wildman–Crippen LogP) is 3.30. The van der Waals surface area contributed by atoms with E-state index in [9.17, 15) is 4.39 Å². The Kier molecular flexibility index (Phi) is 5.48. The van der Waals surface area contributed by atoms with Crippen molar-refractivity contribution in [3.8, 4) is 5.69 Å². The van der Waals surface area contributed by atoms with Crippen LogP contribution in [0.15, 0.2) is 48.9 Å². The highest BCUT2D eigenvalue weighted by Crippen LogP contribution is 2.20. The number of likely N-dealkylation sites (tertiary alicyclic amines) is 1. The van der Waals surface area contributed by atoms with Crippen molar-refractivity contribution in [2.24, 2.45) is 5.92 Å². The van der Waals surface area contributed by atoms with Crippen LogP contribution in [0.25, 0.3) is 5.69 Å². The normalized spacial score (nSPS) is 17.4. The van der Waals surface area contributed by atoms with E-state index >= 15 is 0 Å². The number of nitrogens with zero attached hydrogens (tertiary/aromatic N) is 5. The zero-order valence-electron chi connectivity index (χ0n) is 15.8. The Morgan fingerprint density at radius 3 is 3.04 bits per heavy atom. The Balaban J connectivity index is 1.44. The standard InChI is InChI=1S/C20H24FN7/c1-27-9-3-5-15(14-27)12-22-19-18(21)13-23-20(26-19)25-16-6-2-7-17(11-16)28-10-4-8-24-28/h2,4,6-8,10-11,13,15H,3,5,9,12,14H2,1H3,(H2,22,23,25,26)/t15-/m0/s1. The van der Waals surface area contributed by atoms with Crippen molar-refractivity contribution in [3.05, 3.63) is 54.7 Å². The van der Waals surface area contributed by atoms with E-state index in [1.54, 1.807) is 10.9 Å². The van der Waals surface area contributed by atoms with Gasteiger partial charge in [0.05, 0.1) is 11.9 Å². The monoisotopic (exact) mass is 381 g/mol. The average Bonchev–Trinajstić information content (AvgIpc) is 3.24. The molecule has 8 heteroatoms. The van der Waals surface area contributed by atoms with Gasteiger partial charge in [-0.15, -0.1) is 0 Å². The fourth-order valence-corrected chi connectivity index (χ4v) is 3.51. The number of halogens is 1. The van der Waals surface area contributed by atoms with E-state index < -0.39 is 5.82 Å². The highest BCUT2D eigenvalue weighted by molar-refractivity contribution is 5.58. The summed E-state index contributed by atoms with van der Waals surface area (Å²) in [6.45, 7) is 2.85. The molecule has 0 aliphatic carbocycles. The largest absolute Gasteiger partial charge is 0.367 e. The molecule has 7 nitrogen and oxygen atoms in total. The Morgan fingerprint density at radius 1 is 1.29 bits per heavy atom. The Bertz CT molecular complexity index is 913. The summed E-state index contributed by atoms with van der Waals surface area (Å²) in [4.78, 5) is 10.7. The molecule has 146 valence electrons. The highest BCUT2D eigenvalue weighted by Gasteiger charge is 2.18. The molecule has 28 heavy (non-hydrogen) atoms. The summed E-state index contributed by atoms with van der Waals surface area (Å²) in [6.07, 6.45) is 7.12. The summed E-state index contributed by atoms with van der Waals surface area (Å²) in [7, 11) is 2.12. The van der Waals surface area contributed by atoms with Gasteiger partial charge in [0.15, 0.2) is 11.6 Å². The molecule has 3 aromatic rings. The first kappa shape index (κ1) is 18.4. The van der Waals surface area contributed by atoms with Gasteiger partial charge in [0.2, 0.25) is 5.95 Å². The number of piperidine rings is 1. The lowest BCUT2D eigenvalue weighted by atomic mass is 9.98. The maximum atomic E-state index is 14.2. The summed E-state index contributed by atoms with van der Waals surface area (Å²) in [5, 5.41) is 10.5. The molecule has 3 heterocycles. The van der Waals surface area contributed by atoms with Crippen LogP contribution < -0.4 is 10.6 Å². The summed E-state index contributed by atoms with van der Waals surface area (Å²) < 4.78 is 15.9. The lowest BCUT2D eigenvalue weighted by Gasteiger charge is -2.29. The van der Waals surface area contributed by atoms with Crippen molar-refractivity contribution < 1.29 is 4.39 Å². The molecule has 0 spiro atoms. The van der Waals surface area contributed by atoms with Gasteiger partial charge in [-0.05, 0) is 56.6 Å². The summed E-state index contributed by atoms with van der Waals surface area (Å²) in [5.41, 5.74) is 1.72. The van der Waals surface area contributed by atoms with Crippen LogP contribution in [0.4, 0.5) is 21.8 Å². The van der Waals surface area contributed by atoms with Crippen LogP contribution in [-0.2, 0) is 0 Å². The van der Waals surface area contributed by atoms with Crippen LogP contribution in [-0.4, -0.2) is 51.3 Å². The zero-order chi connectivity index (χ0) is 19.3. The van der Waals surface area contributed by atoms with Gasteiger partial charge in [-0.2, -0.15) is 10.1 Å². The van der Waals surface area contributed by atoms with E-state index in [0.717, 1.165) is 30.9 Å². The maximum absolute atomic E-state index is 14.2. The van der Waals surface area contributed by atoms with E-state index in [1.807, 2.05) is 36.5 Å². The van der Waals surface area contributed by atoms with Crippen molar-refractivity contribution in [1.82, 2.24) is 24.6 Å². The topological polar surface area (TPSA) is 70.9 Å². The lowest BCUT2D eigenvalue weighted by molar-refractivity contribution is 0.217. The van der Waals surface area contributed by atoms with Gasteiger partial charge in [0.25, 0.3) is 0 Å². The van der Waals surface area contributed by atoms with Crippen molar-refractivity contribution in [2.75, 3.05) is 37.3 Å². The molecule has 1 saturated heterocycles. The Morgan fingerprint density at radius 2 is 2.21 bits per heavy atom. The first-order valence-electron chi connectivity index (χ1n) is 9.49. The summed E-state index contributed by atoms with van der Waals surface area (Å²) in [6, 6.07) is 9.58. The van der Waals surface area contributed by atoms with E-state index in [4.69, 9.17) is 0 Å². The van der Waals surface area contributed by atoms with Crippen LogP contribution >= 0.6 is 0 Å². The number of hydrogen-bond acceptors (Lipinski definition) is 6. The molecule has 1 aromatic carbocycles. The molecule has 2 N–H and O–H groups in total. The molecule has 0 bridgehead atoms. The molecular formula is C20H24FN7. The van der Waals surface area contributed by atoms with Crippen LogP contribution in [0.1, 0.15) is 12.8 Å². The number of rotatable bonds is 6. The SMILES string of the molecule is CN1CCC[C@@H](CNc2nc(Nc3cccc(-n4cccn4)c3)ncc2F)C1. The molecule has 1 atom stereocenters. The van der Waals surface area contributed by atoms with Crippen LogP contribution in [0.5, 0.6) is 0 Å².